The Labute approximate surface area is 60.9 Å². The van der Waals surface area contributed by atoms with Crippen LogP contribution in [-0.4, -0.2) is 6.17 Å². The fourth-order valence-corrected chi connectivity index (χ4v) is 0.789. The highest BCUT2D eigenvalue weighted by atomic mass is 19.1. The van der Waals surface area contributed by atoms with Gasteiger partial charge in [0.1, 0.15) is 12.0 Å². The summed E-state index contributed by atoms with van der Waals surface area (Å²) in [4.78, 5) is 0. The normalized spacial score (nSPS) is 18.7. The molecule has 0 spiro atoms. The van der Waals surface area contributed by atoms with Crippen LogP contribution in [-0.2, 0) is 0 Å². The minimum atomic E-state index is -1.05. The molecule has 0 aliphatic rings. The van der Waals surface area contributed by atoms with E-state index in [-0.39, 0.29) is 5.83 Å². The van der Waals surface area contributed by atoms with Crippen molar-refractivity contribution in [1.29, 1.82) is 0 Å². The number of allylic oxidation sites excluding steroid dienone is 2. The largest absolute Gasteiger partial charge is 0.247 e. The third kappa shape index (κ3) is 2.46. The van der Waals surface area contributed by atoms with Gasteiger partial charge in [-0.3, -0.25) is 0 Å². The highest BCUT2D eigenvalue weighted by Crippen LogP contribution is 2.20. The molecule has 0 saturated heterocycles. The lowest BCUT2D eigenvalue weighted by Gasteiger charge is -2.11. The maximum atomic E-state index is 12.7. The lowest BCUT2D eigenvalue weighted by atomic mass is 10.0. The summed E-state index contributed by atoms with van der Waals surface area (Å²) in [5.74, 6) is -0.927. The van der Waals surface area contributed by atoms with E-state index in [0.717, 1.165) is 0 Å². The van der Waals surface area contributed by atoms with Gasteiger partial charge >= 0.3 is 0 Å². The Morgan fingerprint density at radius 2 is 2.10 bits per heavy atom. The van der Waals surface area contributed by atoms with Crippen molar-refractivity contribution in [1.82, 2.24) is 0 Å². The first-order valence-corrected chi connectivity index (χ1v) is 3.59. The molecule has 2 heteroatoms. The van der Waals surface area contributed by atoms with Crippen molar-refractivity contribution in [3.05, 3.63) is 11.9 Å². The Kier molecular flexibility index (Phi) is 4.24. The summed E-state index contributed by atoms with van der Waals surface area (Å²) in [5, 5.41) is 0. The minimum absolute atomic E-state index is 0.352. The van der Waals surface area contributed by atoms with Gasteiger partial charge in [0, 0.05) is 5.92 Å². The number of rotatable bonds is 3. The van der Waals surface area contributed by atoms with Gasteiger partial charge in [0.2, 0.25) is 0 Å². The lowest BCUT2D eigenvalue weighted by molar-refractivity contribution is 0.236. The van der Waals surface area contributed by atoms with Gasteiger partial charge in [-0.1, -0.05) is 19.9 Å². The van der Waals surface area contributed by atoms with Crippen molar-refractivity contribution in [3.63, 3.8) is 0 Å². The third-order valence-electron chi connectivity index (χ3n) is 1.64. The van der Waals surface area contributed by atoms with Crippen molar-refractivity contribution in [2.24, 2.45) is 5.92 Å². The highest BCUT2D eigenvalue weighted by Gasteiger charge is 2.17. The van der Waals surface area contributed by atoms with E-state index in [2.05, 4.69) is 0 Å². The highest BCUT2D eigenvalue weighted by molar-refractivity contribution is 4.96. The molecule has 0 fully saturated rings. The van der Waals surface area contributed by atoms with Crippen molar-refractivity contribution in [2.75, 3.05) is 0 Å². The zero-order valence-corrected chi connectivity index (χ0v) is 6.70. The molecular weight excluding hydrogens is 134 g/mol. The van der Waals surface area contributed by atoms with E-state index >= 15 is 0 Å². The summed E-state index contributed by atoms with van der Waals surface area (Å²) in [5.41, 5.74) is 0. The summed E-state index contributed by atoms with van der Waals surface area (Å²) in [6, 6.07) is 0. The Bertz CT molecular complexity index is 118. The van der Waals surface area contributed by atoms with Gasteiger partial charge in [0.15, 0.2) is 0 Å². The van der Waals surface area contributed by atoms with Gasteiger partial charge in [0.25, 0.3) is 0 Å². The Morgan fingerprint density at radius 3 is 2.40 bits per heavy atom. The molecule has 0 aliphatic carbocycles. The molecule has 0 amide bonds. The van der Waals surface area contributed by atoms with Crippen LogP contribution in [0, 0.1) is 5.92 Å². The Balaban J connectivity index is 3.94. The van der Waals surface area contributed by atoms with Gasteiger partial charge in [-0.05, 0) is 13.3 Å². The molecule has 1 unspecified atom stereocenters. The second kappa shape index (κ2) is 4.42. The molecule has 0 nitrogen and oxygen atoms in total. The average Bonchev–Trinajstić information content (AvgIpc) is 2.00. The first kappa shape index (κ1) is 9.60. The van der Waals surface area contributed by atoms with Crippen LogP contribution in [0.5, 0.6) is 0 Å². The van der Waals surface area contributed by atoms with E-state index in [1.807, 2.05) is 0 Å². The summed E-state index contributed by atoms with van der Waals surface area (Å²) in [6.45, 7) is 4.85. The Hall–Kier alpha value is -0.400. The number of hydrogen-bond acceptors (Lipinski definition) is 0. The summed E-state index contributed by atoms with van der Waals surface area (Å²) < 4.78 is 25.3. The van der Waals surface area contributed by atoms with Crippen LogP contribution in [0.4, 0.5) is 8.78 Å². The predicted molar refractivity (Wildman–Crippen MR) is 39.2 cm³/mol. The van der Waals surface area contributed by atoms with Crippen LogP contribution in [0.3, 0.4) is 0 Å². The monoisotopic (exact) mass is 148 g/mol. The minimum Gasteiger partial charge on any atom is -0.247 e. The molecule has 0 saturated carbocycles. The maximum absolute atomic E-state index is 12.7. The smallest absolute Gasteiger partial charge is 0.109 e. The molecule has 60 valence electrons. The molecule has 0 heterocycles. The standard InChI is InChI=1S/C8H14F2/c1-4-7(9)6(3)8(10)5-2/h4,6,8H,5H2,1-3H3/b7-4+/t6?,8-/m0/s1. The first-order valence-electron chi connectivity index (χ1n) is 3.59. The van der Waals surface area contributed by atoms with E-state index in [1.54, 1.807) is 20.8 Å². The summed E-state index contributed by atoms with van der Waals surface area (Å²) in [7, 11) is 0. The number of hydrogen-bond donors (Lipinski definition) is 0. The molecule has 0 radical (unpaired) electrons. The second-order valence-corrected chi connectivity index (χ2v) is 2.39. The van der Waals surface area contributed by atoms with Crippen LogP contribution in [0.15, 0.2) is 11.9 Å². The van der Waals surface area contributed by atoms with Crippen LogP contribution < -0.4 is 0 Å². The second-order valence-electron chi connectivity index (χ2n) is 2.39. The molecule has 0 bridgehead atoms. The predicted octanol–water partition coefficient (Wildman–Crippen LogP) is 3.24. The van der Waals surface area contributed by atoms with E-state index in [9.17, 15) is 8.78 Å². The molecule has 0 N–H and O–H groups in total. The molecule has 10 heavy (non-hydrogen) atoms. The number of alkyl halides is 1. The molecule has 0 rings (SSSR count). The van der Waals surface area contributed by atoms with Gasteiger partial charge in [-0.25, -0.2) is 8.78 Å². The van der Waals surface area contributed by atoms with Gasteiger partial charge in [-0.2, -0.15) is 0 Å². The van der Waals surface area contributed by atoms with E-state index < -0.39 is 12.1 Å². The van der Waals surface area contributed by atoms with Crippen molar-refractivity contribution in [2.45, 2.75) is 33.4 Å². The topological polar surface area (TPSA) is 0 Å². The SMILES string of the molecule is C/C=C(/F)C(C)[C@@H](F)CC. The quantitative estimate of drug-likeness (QED) is 0.576. The average molecular weight is 148 g/mol. The zero-order chi connectivity index (χ0) is 8.15. The van der Waals surface area contributed by atoms with Crippen LogP contribution in [0.25, 0.3) is 0 Å². The molecule has 0 aromatic carbocycles. The molecule has 0 aromatic heterocycles. The molecule has 0 aromatic rings. The summed E-state index contributed by atoms with van der Waals surface area (Å²) >= 11 is 0. The third-order valence-corrected chi connectivity index (χ3v) is 1.64. The summed E-state index contributed by atoms with van der Waals surface area (Å²) in [6.07, 6.45) is 0.645. The van der Waals surface area contributed by atoms with Gasteiger partial charge < -0.3 is 0 Å². The first-order chi connectivity index (χ1) is 4.63. The van der Waals surface area contributed by atoms with E-state index in [4.69, 9.17) is 0 Å². The van der Waals surface area contributed by atoms with Gasteiger partial charge in [-0.15, -0.1) is 0 Å². The van der Waals surface area contributed by atoms with E-state index in [1.165, 1.54) is 6.08 Å². The molecule has 2 atom stereocenters. The van der Waals surface area contributed by atoms with E-state index in [0.29, 0.717) is 6.42 Å². The van der Waals surface area contributed by atoms with Crippen LogP contribution >= 0.6 is 0 Å². The van der Waals surface area contributed by atoms with Crippen molar-refractivity contribution in [3.8, 4) is 0 Å². The fraction of sp³-hybridized carbons (Fsp3) is 0.750. The maximum Gasteiger partial charge on any atom is 0.109 e. The Morgan fingerprint density at radius 1 is 1.60 bits per heavy atom. The zero-order valence-electron chi connectivity index (χ0n) is 6.70. The molecule has 0 aliphatic heterocycles. The van der Waals surface area contributed by atoms with Crippen LogP contribution in [0.1, 0.15) is 27.2 Å². The molecular formula is C8H14F2. The fourth-order valence-electron chi connectivity index (χ4n) is 0.789. The van der Waals surface area contributed by atoms with Crippen LogP contribution in [0.2, 0.25) is 0 Å². The van der Waals surface area contributed by atoms with Crippen molar-refractivity contribution < 1.29 is 8.78 Å². The van der Waals surface area contributed by atoms with Gasteiger partial charge in [0.05, 0.1) is 0 Å². The number of halogens is 2. The lowest BCUT2D eigenvalue weighted by Crippen LogP contribution is -2.11. The van der Waals surface area contributed by atoms with Crippen molar-refractivity contribution >= 4 is 0 Å².